The molecule has 6 nitrogen and oxygen atoms in total. The predicted octanol–water partition coefficient (Wildman–Crippen LogP) is 6.22. The molecule has 0 unspecified atom stereocenters. The van der Waals surface area contributed by atoms with Crippen molar-refractivity contribution < 1.29 is 23.4 Å². The first kappa shape index (κ1) is 23.3. The van der Waals surface area contributed by atoms with Crippen molar-refractivity contribution in [3.05, 3.63) is 66.9 Å². The topological polar surface area (TPSA) is 95.9 Å². The Morgan fingerprint density at radius 1 is 1.06 bits per heavy atom. The average molecular weight is 486 g/mol. The smallest absolute Gasteiger partial charge is 0.262 e. The zero-order chi connectivity index (χ0) is 23.4. The van der Waals surface area contributed by atoms with E-state index in [-0.39, 0.29) is 28.3 Å². The van der Waals surface area contributed by atoms with Crippen LogP contribution >= 0.6 is 11.8 Å². The van der Waals surface area contributed by atoms with Gasteiger partial charge in [0.15, 0.2) is 0 Å². The summed E-state index contributed by atoms with van der Waals surface area (Å²) in [5.74, 6) is 0.712. The summed E-state index contributed by atoms with van der Waals surface area (Å²) in [5, 5.41) is 21.2. The van der Waals surface area contributed by atoms with Crippen LogP contribution in [0.4, 0.5) is 5.69 Å². The lowest BCUT2D eigenvalue weighted by molar-refractivity contribution is 0.154. The molecule has 1 aliphatic carbocycles. The Morgan fingerprint density at radius 3 is 2.52 bits per heavy atom. The molecule has 174 valence electrons. The van der Waals surface area contributed by atoms with E-state index in [1.807, 2.05) is 0 Å². The fourth-order valence-corrected chi connectivity index (χ4v) is 5.86. The fourth-order valence-electron chi connectivity index (χ4n) is 3.98. The highest BCUT2D eigenvalue weighted by Gasteiger charge is 2.20. The predicted molar refractivity (Wildman–Crippen MR) is 133 cm³/mol. The molecule has 0 saturated heterocycles. The molecule has 3 N–H and O–H groups in total. The minimum absolute atomic E-state index is 0.0303. The summed E-state index contributed by atoms with van der Waals surface area (Å²) in [6.45, 7) is 3.46. The third-order valence-corrected chi connectivity index (χ3v) is 8.05. The Morgan fingerprint density at radius 2 is 1.79 bits per heavy atom. The molecule has 1 saturated carbocycles. The van der Waals surface area contributed by atoms with E-state index in [1.54, 1.807) is 48.5 Å². The number of ether oxygens (including phenoxy) is 1. The van der Waals surface area contributed by atoms with Gasteiger partial charge in [-0.1, -0.05) is 43.3 Å². The largest absolute Gasteiger partial charge is 0.512 e. The second kappa shape index (κ2) is 9.97. The SMILES string of the molecule is C=C(O)CSc1cc(NS(=O)(=O)c2cccc(OC3CCCCC3)c2)c2ccccc2c1O. The summed E-state index contributed by atoms with van der Waals surface area (Å²) in [6.07, 6.45) is 5.55. The molecule has 0 amide bonds. The van der Waals surface area contributed by atoms with Crippen LogP contribution < -0.4 is 9.46 Å². The monoisotopic (exact) mass is 485 g/mol. The third kappa shape index (κ3) is 5.57. The minimum Gasteiger partial charge on any atom is -0.512 e. The first-order chi connectivity index (χ1) is 15.8. The number of rotatable bonds is 8. The molecule has 3 aromatic rings. The van der Waals surface area contributed by atoms with E-state index in [0.29, 0.717) is 27.1 Å². The maximum absolute atomic E-state index is 13.3. The normalized spacial score (nSPS) is 14.8. The van der Waals surface area contributed by atoms with Gasteiger partial charge in [-0.2, -0.15) is 0 Å². The quantitative estimate of drug-likeness (QED) is 0.199. The molecule has 0 bridgehead atoms. The molecular weight excluding hydrogens is 458 g/mol. The van der Waals surface area contributed by atoms with Crippen LogP contribution in [0, 0.1) is 0 Å². The molecule has 0 aromatic heterocycles. The van der Waals surface area contributed by atoms with Crippen molar-refractivity contribution in [1.29, 1.82) is 0 Å². The second-order valence-corrected chi connectivity index (χ2v) is 10.8. The maximum Gasteiger partial charge on any atom is 0.262 e. The molecule has 3 aromatic carbocycles. The third-order valence-electron chi connectivity index (χ3n) is 5.59. The van der Waals surface area contributed by atoms with Crippen LogP contribution in [0.1, 0.15) is 32.1 Å². The molecule has 0 atom stereocenters. The lowest BCUT2D eigenvalue weighted by Gasteiger charge is -2.23. The number of hydrogen-bond acceptors (Lipinski definition) is 6. The number of anilines is 1. The molecule has 0 heterocycles. The second-order valence-electron chi connectivity index (χ2n) is 8.13. The van der Waals surface area contributed by atoms with Crippen molar-refractivity contribution in [2.24, 2.45) is 0 Å². The Hall–Kier alpha value is -2.84. The molecule has 0 spiro atoms. The van der Waals surface area contributed by atoms with E-state index >= 15 is 0 Å². The van der Waals surface area contributed by atoms with Crippen LogP contribution in [0.3, 0.4) is 0 Å². The van der Waals surface area contributed by atoms with Crippen molar-refractivity contribution in [3.8, 4) is 11.5 Å². The number of phenolic OH excluding ortho intramolecular Hbond substituents is 1. The molecule has 0 aliphatic heterocycles. The number of fused-ring (bicyclic) bond motifs is 1. The zero-order valence-electron chi connectivity index (χ0n) is 18.2. The van der Waals surface area contributed by atoms with Gasteiger partial charge in [0.05, 0.1) is 33.1 Å². The van der Waals surface area contributed by atoms with Gasteiger partial charge in [-0.05, 0) is 43.9 Å². The summed E-state index contributed by atoms with van der Waals surface area (Å²) in [6, 6.07) is 15.1. The Kier molecular flexibility index (Phi) is 7.05. The molecule has 0 radical (unpaired) electrons. The van der Waals surface area contributed by atoms with Gasteiger partial charge in [-0.15, -0.1) is 11.8 Å². The standard InChI is InChI=1S/C25H27NO5S2/c1-17(27)16-32-24-15-23(21-12-5-6-13-22(21)25(24)28)26-33(29,30)20-11-7-10-19(14-20)31-18-8-3-2-4-9-18/h5-7,10-15,18,26-28H,1-4,8-9,16H2. The maximum atomic E-state index is 13.3. The highest BCUT2D eigenvalue weighted by atomic mass is 32.2. The van der Waals surface area contributed by atoms with Crippen LogP contribution in [-0.4, -0.2) is 30.5 Å². The number of hydrogen-bond donors (Lipinski definition) is 3. The Labute approximate surface area is 198 Å². The van der Waals surface area contributed by atoms with E-state index in [9.17, 15) is 18.6 Å². The number of benzene rings is 3. The minimum atomic E-state index is -3.92. The summed E-state index contributed by atoms with van der Waals surface area (Å²) < 4.78 is 35.2. The van der Waals surface area contributed by atoms with E-state index < -0.39 is 10.0 Å². The van der Waals surface area contributed by atoms with Gasteiger partial charge in [0, 0.05) is 16.8 Å². The average Bonchev–Trinajstić information content (AvgIpc) is 2.81. The Balaban J connectivity index is 1.65. The van der Waals surface area contributed by atoms with Crippen molar-refractivity contribution >= 4 is 38.2 Å². The van der Waals surface area contributed by atoms with Crippen LogP contribution in [0.5, 0.6) is 11.5 Å². The van der Waals surface area contributed by atoms with Crippen molar-refractivity contribution in [2.75, 3.05) is 10.5 Å². The summed E-state index contributed by atoms with van der Waals surface area (Å²) in [4.78, 5) is 0.543. The van der Waals surface area contributed by atoms with E-state index in [1.165, 1.54) is 24.2 Å². The highest BCUT2D eigenvalue weighted by Crippen LogP contribution is 2.41. The fraction of sp³-hybridized carbons (Fsp3) is 0.280. The van der Waals surface area contributed by atoms with Gasteiger partial charge >= 0.3 is 0 Å². The van der Waals surface area contributed by atoms with Crippen LogP contribution in [0.15, 0.2) is 76.7 Å². The van der Waals surface area contributed by atoms with E-state index in [4.69, 9.17) is 4.74 Å². The van der Waals surface area contributed by atoms with Gasteiger partial charge in [0.1, 0.15) is 11.5 Å². The molecule has 8 heteroatoms. The van der Waals surface area contributed by atoms with Crippen molar-refractivity contribution in [2.45, 2.75) is 48.0 Å². The molecular formula is C25H27NO5S2. The van der Waals surface area contributed by atoms with Crippen molar-refractivity contribution in [3.63, 3.8) is 0 Å². The van der Waals surface area contributed by atoms with Crippen LogP contribution in [-0.2, 0) is 10.0 Å². The van der Waals surface area contributed by atoms with Gasteiger partial charge < -0.3 is 14.9 Å². The lowest BCUT2D eigenvalue weighted by atomic mass is 9.98. The van der Waals surface area contributed by atoms with Crippen LogP contribution in [0.25, 0.3) is 10.8 Å². The summed E-state index contributed by atoms with van der Waals surface area (Å²) >= 11 is 1.17. The number of aliphatic hydroxyl groups is 1. The van der Waals surface area contributed by atoms with Crippen molar-refractivity contribution in [1.82, 2.24) is 0 Å². The summed E-state index contributed by atoms with van der Waals surface area (Å²) in [5.41, 5.74) is 0.341. The number of thioether (sulfide) groups is 1. The number of sulfonamides is 1. The van der Waals surface area contributed by atoms with Gasteiger partial charge in [-0.25, -0.2) is 8.42 Å². The number of aromatic hydroxyl groups is 1. The number of aliphatic hydroxyl groups excluding tert-OH is 1. The van der Waals surface area contributed by atoms with Gasteiger partial charge in [0.25, 0.3) is 10.0 Å². The molecule has 1 aliphatic rings. The number of nitrogens with one attached hydrogen (secondary N) is 1. The molecule has 33 heavy (non-hydrogen) atoms. The zero-order valence-corrected chi connectivity index (χ0v) is 19.8. The molecule has 1 fully saturated rings. The first-order valence-electron chi connectivity index (χ1n) is 10.9. The van der Waals surface area contributed by atoms with Crippen LogP contribution in [0.2, 0.25) is 0 Å². The van der Waals surface area contributed by atoms with Gasteiger partial charge in [0.2, 0.25) is 0 Å². The first-order valence-corrected chi connectivity index (χ1v) is 13.3. The van der Waals surface area contributed by atoms with E-state index in [0.717, 1.165) is 25.7 Å². The van der Waals surface area contributed by atoms with Gasteiger partial charge in [-0.3, -0.25) is 4.72 Å². The molecule has 4 rings (SSSR count). The Bertz CT molecular complexity index is 1270. The van der Waals surface area contributed by atoms with E-state index in [2.05, 4.69) is 11.3 Å². The highest BCUT2D eigenvalue weighted by molar-refractivity contribution is 7.99. The lowest BCUT2D eigenvalue weighted by Crippen LogP contribution is -2.20. The number of phenols is 1. The summed E-state index contributed by atoms with van der Waals surface area (Å²) in [7, 11) is -3.92.